The van der Waals surface area contributed by atoms with Gasteiger partial charge in [-0.05, 0) is 95.4 Å². The van der Waals surface area contributed by atoms with Crippen molar-refractivity contribution in [3.05, 3.63) is 169 Å². The summed E-state index contributed by atoms with van der Waals surface area (Å²) < 4.78 is 6.41. The Labute approximate surface area is 279 Å². The van der Waals surface area contributed by atoms with Gasteiger partial charge in [-0.3, -0.25) is 0 Å². The molecular formula is C47H32O. The van der Waals surface area contributed by atoms with Crippen molar-refractivity contribution in [3.63, 3.8) is 0 Å². The van der Waals surface area contributed by atoms with Gasteiger partial charge in [0.1, 0.15) is 11.2 Å². The molecule has 1 aliphatic rings. The maximum Gasteiger partial charge on any atom is 0.136 e. The van der Waals surface area contributed by atoms with E-state index in [0.717, 1.165) is 21.9 Å². The first-order valence-electron chi connectivity index (χ1n) is 16.8. The summed E-state index contributed by atoms with van der Waals surface area (Å²) in [5.74, 6) is 0. The molecule has 0 N–H and O–H groups in total. The standard InChI is InChI=1S/C47H32O/c1-47(2)39-22-10-8-18-34(39)45-36(20-12-23-40(45)47)44-32-17-7-6-16-31(32)43(33-27-26-30(28-38(33)44)29-14-4-3-5-15-29)37-21-13-25-42-46(37)35-19-9-11-24-41(35)48-42/h3-28H,1-2H3. The number of rotatable bonds is 3. The van der Waals surface area contributed by atoms with E-state index in [1.807, 2.05) is 6.07 Å². The van der Waals surface area contributed by atoms with Crippen LogP contribution in [0.5, 0.6) is 0 Å². The van der Waals surface area contributed by atoms with Gasteiger partial charge in [-0.25, -0.2) is 0 Å². The zero-order chi connectivity index (χ0) is 32.0. The minimum atomic E-state index is -0.0827. The molecule has 10 rings (SSSR count). The van der Waals surface area contributed by atoms with E-state index in [4.69, 9.17) is 4.42 Å². The zero-order valence-electron chi connectivity index (χ0n) is 26.9. The highest BCUT2D eigenvalue weighted by molar-refractivity contribution is 6.26. The summed E-state index contributed by atoms with van der Waals surface area (Å²) in [4.78, 5) is 0. The number of furan rings is 1. The molecule has 1 heteroatoms. The van der Waals surface area contributed by atoms with Gasteiger partial charge in [0.2, 0.25) is 0 Å². The van der Waals surface area contributed by atoms with Crippen LogP contribution in [0.4, 0.5) is 0 Å². The molecule has 9 aromatic rings. The third-order valence-electron chi connectivity index (χ3n) is 10.7. The van der Waals surface area contributed by atoms with Crippen molar-refractivity contribution in [1.82, 2.24) is 0 Å². The van der Waals surface area contributed by atoms with Crippen LogP contribution >= 0.6 is 0 Å². The van der Waals surface area contributed by atoms with Crippen molar-refractivity contribution < 1.29 is 4.42 Å². The lowest BCUT2D eigenvalue weighted by Gasteiger charge is -2.23. The van der Waals surface area contributed by atoms with Crippen LogP contribution in [-0.2, 0) is 5.41 Å². The fraction of sp³-hybridized carbons (Fsp3) is 0.0638. The van der Waals surface area contributed by atoms with E-state index in [-0.39, 0.29) is 5.41 Å². The second kappa shape index (κ2) is 10.0. The molecule has 0 saturated heterocycles. The number of benzene rings is 8. The fourth-order valence-corrected chi connectivity index (χ4v) is 8.51. The molecular weight excluding hydrogens is 581 g/mol. The van der Waals surface area contributed by atoms with E-state index in [2.05, 4.69) is 166 Å². The smallest absolute Gasteiger partial charge is 0.136 e. The maximum absolute atomic E-state index is 6.41. The fourth-order valence-electron chi connectivity index (χ4n) is 8.51. The summed E-state index contributed by atoms with van der Waals surface area (Å²) in [7, 11) is 0. The Kier molecular flexibility index (Phi) is 5.69. The predicted octanol–water partition coefficient (Wildman–Crippen LogP) is 13.2. The van der Waals surface area contributed by atoms with Crippen molar-refractivity contribution in [2.24, 2.45) is 0 Å². The SMILES string of the molecule is CC1(C)c2ccccc2-c2c(-c3c4ccccc4c(-c4cccc5oc6ccccc6c45)c4ccc(-c5ccccc5)cc34)cccc21. The van der Waals surface area contributed by atoms with Gasteiger partial charge < -0.3 is 4.42 Å². The third-order valence-corrected chi connectivity index (χ3v) is 10.7. The van der Waals surface area contributed by atoms with Gasteiger partial charge in [0, 0.05) is 16.2 Å². The Bertz CT molecular complexity index is 2740. The summed E-state index contributed by atoms with van der Waals surface area (Å²) in [6.45, 7) is 4.73. The number of para-hydroxylation sites is 1. The highest BCUT2D eigenvalue weighted by atomic mass is 16.3. The Morgan fingerprint density at radius 3 is 1.79 bits per heavy atom. The summed E-state index contributed by atoms with van der Waals surface area (Å²) in [5, 5.41) is 7.30. The van der Waals surface area contributed by atoms with E-state index >= 15 is 0 Å². The van der Waals surface area contributed by atoms with E-state index in [1.54, 1.807) is 0 Å². The lowest BCUT2D eigenvalue weighted by atomic mass is 9.80. The van der Waals surface area contributed by atoms with E-state index < -0.39 is 0 Å². The van der Waals surface area contributed by atoms with Gasteiger partial charge in [-0.15, -0.1) is 0 Å². The van der Waals surface area contributed by atoms with Crippen LogP contribution in [0.2, 0.25) is 0 Å². The lowest BCUT2D eigenvalue weighted by Crippen LogP contribution is -2.14. The molecule has 0 bridgehead atoms. The molecule has 0 atom stereocenters. The van der Waals surface area contributed by atoms with Gasteiger partial charge >= 0.3 is 0 Å². The normalized spacial score (nSPS) is 13.4. The molecule has 0 radical (unpaired) electrons. The van der Waals surface area contributed by atoms with Gasteiger partial charge in [0.05, 0.1) is 0 Å². The molecule has 0 saturated carbocycles. The molecule has 1 nitrogen and oxygen atoms in total. The van der Waals surface area contributed by atoms with Crippen LogP contribution in [0.3, 0.4) is 0 Å². The van der Waals surface area contributed by atoms with Gasteiger partial charge in [0.15, 0.2) is 0 Å². The Balaban J connectivity index is 1.40. The second-order valence-corrected chi connectivity index (χ2v) is 13.6. The first-order valence-corrected chi connectivity index (χ1v) is 16.8. The third kappa shape index (κ3) is 3.73. The second-order valence-electron chi connectivity index (χ2n) is 13.6. The van der Waals surface area contributed by atoms with Gasteiger partial charge in [0.25, 0.3) is 0 Å². The lowest BCUT2D eigenvalue weighted by molar-refractivity contribution is 0.660. The van der Waals surface area contributed by atoms with Crippen LogP contribution in [0.1, 0.15) is 25.0 Å². The van der Waals surface area contributed by atoms with Crippen molar-refractivity contribution in [2.45, 2.75) is 19.3 Å². The Morgan fingerprint density at radius 2 is 0.958 bits per heavy atom. The Morgan fingerprint density at radius 1 is 0.375 bits per heavy atom. The number of hydrogen-bond donors (Lipinski definition) is 0. The van der Waals surface area contributed by atoms with Crippen LogP contribution in [0.15, 0.2) is 162 Å². The van der Waals surface area contributed by atoms with E-state index in [9.17, 15) is 0 Å². The van der Waals surface area contributed by atoms with Crippen molar-refractivity contribution >= 4 is 43.5 Å². The molecule has 226 valence electrons. The average molecular weight is 613 g/mol. The minimum Gasteiger partial charge on any atom is -0.456 e. The predicted molar refractivity (Wildman–Crippen MR) is 203 cm³/mol. The largest absolute Gasteiger partial charge is 0.456 e. The van der Waals surface area contributed by atoms with Crippen molar-refractivity contribution in [1.29, 1.82) is 0 Å². The molecule has 1 aliphatic carbocycles. The van der Waals surface area contributed by atoms with Crippen molar-refractivity contribution in [2.75, 3.05) is 0 Å². The number of hydrogen-bond acceptors (Lipinski definition) is 1. The van der Waals surface area contributed by atoms with Gasteiger partial charge in [-0.1, -0.05) is 153 Å². The van der Waals surface area contributed by atoms with Crippen molar-refractivity contribution in [3.8, 4) is 44.5 Å². The molecule has 1 heterocycles. The minimum absolute atomic E-state index is 0.0827. The average Bonchev–Trinajstić information content (AvgIpc) is 3.63. The van der Waals surface area contributed by atoms with Crippen LogP contribution < -0.4 is 0 Å². The highest BCUT2D eigenvalue weighted by Gasteiger charge is 2.37. The summed E-state index contributed by atoms with van der Waals surface area (Å²) in [6.07, 6.45) is 0. The van der Waals surface area contributed by atoms with Crippen LogP contribution in [0, 0.1) is 0 Å². The molecule has 1 aromatic heterocycles. The number of fused-ring (bicyclic) bond motifs is 8. The first kappa shape index (κ1) is 27.2. The topological polar surface area (TPSA) is 13.1 Å². The Hall–Kier alpha value is -5.92. The summed E-state index contributed by atoms with van der Waals surface area (Å²) >= 11 is 0. The van der Waals surface area contributed by atoms with E-state index in [0.29, 0.717) is 0 Å². The summed E-state index contributed by atoms with van der Waals surface area (Å²) in [5.41, 5.74) is 14.7. The van der Waals surface area contributed by atoms with Crippen LogP contribution in [0.25, 0.3) is 88.0 Å². The molecule has 0 fully saturated rings. The molecule has 0 aliphatic heterocycles. The van der Waals surface area contributed by atoms with Crippen LogP contribution in [-0.4, -0.2) is 0 Å². The molecule has 8 aromatic carbocycles. The molecule has 48 heavy (non-hydrogen) atoms. The molecule has 0 spiro atoms. The van der Waals surface area contributed by atoms with E-state index in [1.165, 1.54) is 77.2 Å². The molecule has 0 amide bonds. The summed E-state index contributed by atoms with van der Waals surface area (Å²) in [6, 6.07) is 57.7. The van der Waals surface area contributed by atoms with Gasteiger partial charge in [-0.2, -0.15) is 0 Å². The monoisotopic (exact) mass is 612 g/mol. The molecule has 0 unspecified atom stereocenters. The zero-order valence-corrected chi connectivity index (χ0v) is 26.9. The highest BCUT2D eigenvalue weighted by Crippen LogP contribution is 2.55. The first-order chi connectivity index (χ1) is 23.6. The quantitative estimate of drug-likeness (QED) is 0.181. The maximum atomic E-state index is 6.41.